The highest BCUT2D eigenvalue weighted by Gasteiger charge is 2.28. The Morgan fingerprint density at radius 2 is 1.25 bits per heavy atom. The van der Waals surface area contributed by atoms with Gasteiger partial charge in [0, 0.05) is 33.2 Å². The van der Waals surface area contributed by atoms with E-state index in [2.05, 4.69) is 13.8 Å². The number of fused-ring (bicyclic) bond motifs is 2. The highest BCUT2D eigenvalue weighted by molar-refractivity contribution is 6.37. The molecule has 0 bridgehead atoms. The van der Waals surface area contributed by atoms with Crippen molar-refractivity contribution >= 4 is 53.9 Å². The van der Waals surface area contributed by atoms with Crippen LogP contribution in [0, 0.1) is 5.41 Å². The van der Waals surface area contributed by atoms with Crippen molar-refractivity contribution in [2.24, 2.45) is 0 Å². The average Bonchev–Trinajstić information content (AvgIpc) is 3.02. The van der Waals surface area contributed by atoms with Crippen LogP contribution in [0.5, 0.6) is 5.95 Å². The molecule has 1 aliphatic heterocycles. The number of hydrogen-bond acceptors (Lipinski definition) is 6. The van der Waals surface area contributed by atoms with Gasteiger partial charge >= 0.3 is 5.63 Å². The fraction of sp³-hybridized carbons (Fsp3) is 0.351. The summed E-state index contributed by atoms with van der Waals surface area (Å²) < 4.78 is 6.58. The summed E-state index contributed by atoms with van der Waals surface area (Å²) in [5.41, 5.74) is -0.193. The van der Waals surface area contributed by atoms with Crippen LogP contribution in [0.15, 0.2) is 61.3 Å². The van der Waals surface area contributed by atoms with Crippen LogP contribution < -0.4 is 22.1 Å². The second kappa shape index (κ2) is 10.9. The van der Waals surface area contributed by atoms with E-state index in [1.54, 1.807) is 24.3 Å². The Bertz CT molecular complexity index is 2360. The molecule has 2 heterocycles. The number of unbranched alkanes of at least 4 members (excludes halogenated alkanes) is 6. The van der Waals surface area contributed by atoms with E-state index in [4.69, 9.17) is 4.42 Å². The standard InChI is InChI=1S/C37H36N2O5/c1-3-5-7-9-11-20(12-10-8-6-4-2)39-34(40)24-16-13-22-21-14-17-25-31-26(37(43)44-36(25)42)18-15-23(29(21)31)32-28(38)19-27(35(39)41)30(24)33(22)32/h13-20,38,42H,3-12H2,1-2H3. The van der Waals surface area contributed by atoms with Crippen molar-refractivity contribution in [3.63, 3.8) is 0 Å². The quantitative estimate of drug-likeness (QED) is 0.0903. The number of rotatable bonds is 11. The average molecular weight is 589 g/mol. The van der Waals surface area contributed by atoms with Gasteiger partial charge < -0.3 is 14.9 Å². The summed E-state index contributed by atoms with van der Waals surface area (Å²) in [6.07, 6.45) is 10.2. The Kier molecular flexibility index (Phi) is 6.99. The van der Waals surface area contributed by atoms with Crippen LogP contribution in [0.4, 0.5) is 0 Å². The van der Waals surface area contributed by atoms with E-state index in [-0.39, 0.29) is 22.5 Å². The second-order valence-corrected chi connectivity index (χ2v) is 12.4. The van der Waals surface area contributed by atoms with Crippen LogP contribution in [0.25, 0.3) is 65.0 Å². The third-order valence-corrected chi connectivity index (χ3v) is 9.69. The minimum atomic E-state index is -0.629. The molecule has 2 aliphatic rings. The fourth-order valence-electron chi connectivity index (χ4n) is 7.59. The van der Waals surface area contributed by atoms with Gasteiger partial charge in [0.1, 0.15) is 0 Å². The minimum absolute atomic E-state index is 0.172. The maximum absolute atomic E-state index is 14.3. The normalized spacial score (nSPS) is 12.5. The van der Waals surface area contributed by atoms with Crippen LogP contribution in [0.3, 0.4) is 0 Å². The number of nitrogens with one attached hydrogen (secondary N) is 1. The maximum Gasteiger partial charge on any atom is 0.346 e. The SMILES string of the molecule is CCCCCCC(CCCCCC)n1c(=O)c2cc(=N)c3c4ccc5c(=O)oc(O)c6ccc(c7ccc(c-2c73)c1=O)c4c65. The summed E-state index contributed by atoms with van der Waals surface area (Å²) in [6.45, 7) is 4.35. The van der Waals surface area contributed by atoms with Crippen molar-refractivity contribution in [3.8, 4) is 17.1 Å². The van der Waals surface area contributed by atoms with Crippen molar-refractivity contribution < 1.29 is 9.52 Å². The molecule has 5 aromatic rings. The van der Waals surface area contributed by atoms with Crippen molar-refractivity contribution in [2.75, 3.05) is 0 Å². The molecule has 0 saturated carbocycles. The van der Waals surface area contributed by atoms with Gasteiger partial charge in [-0.1, -0.05) is 83.4 Å². The van der Waals surface area contributed by atoms with Crippen molar-refractivity contribution in [2.45, 2.75) is 84.1 Å². The molecule has 2 N–H and O–H groups in total. The van der Waals surface area contributed by atoms with Crippen molar-refractivity contribution in [1.29, 1.82) is 5.41 Å². The van der Waals surface area contributed by atoms with Crippen molar-refractivity contribution in [1.82, 2.24) is 4.57 Å². The lowest BCUT2D eigenvalue weighted by atomic mass is 9.83. The Labute approximate surface area is 253 Å². The van der Waals surface area contributed by atoms with E-state index in [0.29, 0.717) is 38.1 Å². The molecule has 7 heteroatoms. The Morgan fingerprint density at radius 3 is 1.93 bits per heavy atom. The van der Waals surface area contributed by atoms with E-state index in [9.17, 15) is 24.9 Å². The molecule has 7 nitrogen and oxygen atoms in total. The highest BCUT2D eigenvalue weighted by Crippen LogP contribution is 2.45. The summed E-state index contributed by atoms with van der Waals surface area (Å²) in [6, 6.07) is 12.3. The molecule has 1 aromatic heterocycles. The van der Waals surface area contributed by atoms with Gasteiger partial charge in [-0.25, -0.2) is 4.79 Å². The largest absolute Gasteiger partial charge is 0.480 e. The molecule has 0 atom stereocenters. The molecule has 0 spiro atoms. The van der Waals surface area contributed by atoms with Gasteiger partial charge in [0.15, 0.2) is 0 Å². The third-order valence-electron chi connectivity index (χ3n) is 9.69. The molecular weight excluding hydrogens is 552 g/mol. The number of pyridine rings is 1. The first-order valence-corrected chi connectivity index (χ1v) is 16.0. The summed E-state index contributed by atoms with van der Waals surface area (Å²) in [4.78, 5) is 41.3. The smallest absolute Gasteiger partial charge is 0.346 e. The summed E-state index contributed by atoms with van der Waals surface area (Å²) in [5, 5.41) is 26.2. The van der Waals surface area contributed by atoms with Crippen LogP contribution in [0.1, 0.15) is 84.1 Å². The molecule has 4 aromatic carbocycles. The zero-order valence-electron chi connectivity index (χ0n) is 25.2. The monoisotopic (exact) mass is 588 g/mol. The molecular formula is C37H36N2O5. The Morgan fingerprint density at radius 1 is 0.682 bits per heavy atom. The van der Waals surface area contributed by atoms with E-state index >= 15 is 0 Å². The number of hydrogen-bond donors (Lipinski definition) is 2. The molecule has 0 fully saturated rings. The molecule has 0 radical (unpaired) electrons. The van der Waals surface area contributed by atoms with Gasteiger partial charge in [0.2, 0.25) is 0 Å². The third kappa shape index (κ3) is 4.09. The molecule has 0 amide bonds. The predicted octanol–water partition coefficient (Wildman–Crippen LogP) is 8.01. The van der Waals surface area contributed by atoms with E-state index < -0.39 is 11.6 Å². The lowest BCUT2D eigenvalue weighted by molar-refractivity contribution is 0.319. The predicted molar refractivity (Wildman–Crippen MR) is 177 cm³/mol. The molecule has 7 rings (SSSR count). The topological polar surface area (TPSA) is 113 Å². The zero-order valence-corrected chi connectivity index (χ0v) is 25.2. The Hall–Kier alpha value is -4.52. The first kappa shape index (κ1) is 28.3. The van der Waals surface area contributed by atoms with Gasteiger partial charge in [-0.05, 0) is 58.7 Å². The van der Waals surface area contributed by atoms with Gasteiger partial charge in [-0.2, -0.15) is 0 Å². The summed E-state index contributed by atoms with van der Waals surface area (Å²) >= 11 is 0. The lowest BCUT2D eigenvalue weighted by Gasteiger charge is -2.24. The molecule has 1 aliphatic carbocycles. The van der Waals surface area contributed by atoms with Crippen molar-refractivity contribution in [3.05, 3.63) is 78.9 Å². The summed E-state index contributed by atoms with van der Waals surface area (Å²) in [5.74, 6) is -0.441. The maximum atomic E-state index is 14.3. The summed E-state index contributed by atoms with van der Waals surface area (Å²) in [7, 11) is 0. The van der Waals surface area contributed by atoms with E-state index in [1.165, 1.54) is 4.57 Å². The minimum Gasteiger partial charge on any atom is -0.480 e. The second-order valence-electron chi connectivity index (χ2n) is 12.4. The Balaban J connectivity index is 1.53. The molecule has 224 valence electrons. The van der Waals surface area contributed by atoms with Crippen LogP contribution in [-0.2, 0) is 0 Å². The van der Waals surface area contributed by atoms with Gasteiger partial charge in [-0.15, -0.1) is 0 Å². The lowest BCUT2D eigenvalue weighted by Crippen LogP contribution is -2.38. The highest BCUT2D eigenvalue weighted by atomic mass is 16.5. The van der Waals surface area contributed by atoms with E-state index in [1.807, 2.05) is 18.2 Å². The molecule has 0 saturated heterocycles. The van der Waals surface area contributed by atoms with Gasteiger partial charge in [0.05, 0.1) is 21.7 Å². The van der Waals surface area contributed by atoms with Crippen LogP contribution in [-0.4, -0.2) is 9.67 Å². The van der Waals surface area contributed by atoms with Gasteiger partial charge in [0.25, 0.3) is 17.1 Å². The van der Waals surface area contributed by atoms with Crippen LogP contribution >= 0.6 is 0 Å². The zero-order chi connectivity index (χ0) is 30.7. The molecule has 44 heavy (non-hydrogen) atoms. The first-order valence-electron chi connectivity index (χ1n) is 16.0. The van der Waals surface area contributed by atoms with Gasteiger partial charge in [-0.3, -0.25) is 14.2 Å². The van der Waals surface area contributed by atoms with Crippen LogP contribution in [0.2, 0.25) is 0 Å². The number of benzene rings is 5. The number of nitrogens with zero attached hydrogens (tertiary/aromatic N) is 1. The number of aromatic nitrogens is 1. The number of aromatic hydroxyl groups is 1. The fourth-order valence-corrected chi connectivity index (χ4v) is 7.59. The van der Waals surface area contributed by atoms with E-state index in [0.717, 1.165) is 91.1 Å². The first-order chi connectivity index (χ1) is 21.4. The molecule has 0 unspecified atom stereocenters.